The number of piperazine rings is 1. The smallest absolute Gasteiger partial charge is 0.179 e. The zero-order chi connectivity index (χ0) is 21.7. The summed E-state index contributed by atoms with van der Waals surface area (Å²) in [5.74, 6) is 0.113. The molecule has 2 atom stereocenters. The van der Waals surface area contributed by atoms with Crippen molar-refractivity contribution < 1.29 is 17.9 Å². The van der Waals surface area contributed by atoms with Crippen molar-refractivity contribution >= 4 is 21.4 Å². The van der Waals surface area contributed by atoms with Gasteiger partial charge in [0, 0.05) is 43.8 Å². The summed E-state index contributed by atoms with van der Waals surface area (Å²) in [7, 11) is -3.31. The second kappa shape index (κ2) is 10.4. The van der Waals surface area contributed by atoms with Crippen molar-refractivity contribution in [2.45, 2.75) is 23.5 Å². The molecule has 0 saturated carbocycles. The number of hydrogen-bond donors (Lipinski definition) is 0. The van der Waals surface area contributed by atoms with Crippen LogP contribution in [0.5, 0.6) is 0 Å². The van der Waals surface area contributed by atoms with Crippen LogP contribution in [0.15, 0.2) is 59.5 Å². The average Bonchev–Trinajstić information content (AvgIpc) is 3.32. The summed E-state index contributed by atoms with van der Waals surface area (Å²) in [5, 5.41) is 0.539. The largest absolute Gasteiger partial charge is 0.353 e. The first-order valence-corrected chi connectivity index (χ1v) is 12.7. The fourth-order valence-corrected chi connectivity index (χ4v) is 5.66. The lowest BCUT2D eigenvalue weighted by Gasteiger charge is -2.41. The van der Waals surface area contributed by atoms with Crippen LogP contribution < -0.4 is 0 Å². The average molecular weight is 465 g/mol. The lowest BCUT2D eigenvalue weighted by molar-refractivity contribution is -0.00496. The molecule has 0 radical (unpaired) electrons. The van der Waals surface area contributed by atoms with Gasteiger partial charge in [0.15, 0.2) is 9.84 Å². The third kappa shape index (κ3) is 6.06. The zero-order valence-corrected chi connectivity index (χ0v) is 19.1. The Kier molecular flexibility index (Phi) is 7.63. The predicted molar refractivity (Wildman–Crippen MR) is 121 cm³/mol. The van der Waals surface area contributed by atoms with Crippen molar-refractivity contribution in [3.63, 3.8) is 0 Å². The molecular weight excluding hydrogens is 436 g/mol. The van der Waals surface area contributed by atoms with E-state index in [0.29, 0.717) is 29.9 Å². The van der Waals surface area contributed by atoms with Gasteiger partial charge in [-0.25, -0.2) is 8.42 Å². The summed E-state index contributed by atoms with van der Waals surface area (Å²) in [6, 6.07) is 17.1. The van der Waals surface area contributed by atoms with E-state index in [4.69, 9.17) is 21.1 Å². The number of nitrogens with zero attached hydrogens (tertiary/aromatic N) is 2. The van der Waals surface area contributed by atoms with Crippen LogP contribution in [0.3, 0.4) is 0 Å². The number of benzene rings is 2. The van der Waals surface area contributed by atoms with Gasteiger partial charge in [-0.15, -0.1) is 0 Å². The number of hydrogen-bond acceptors (Lipinski definition) is 6. The Hall–Kier alpha value is -1.48. The minimum atomic E-state index is -3.31. The maximum atomic E-state index is 12.6. The molecule has 0 bridgehead atoms. The Bertz CT molecular complexity index is 926. The summed E-state index contributed by atoms with van der Waals surface area (Å²) in [6.45, 7) is 4.97. The fraction of sp³-hybridized carbons (Fsp3) is 0.478. The van der Waals surface area contributed by atoms with Gasteiger partial charge in [0.25, 0.3) is 0 Å². The molecule has 2 aromatic rings. The zero-order valence-electron chi connectivity index (χ0n) is 17.5. The molecule has 0 N–H and O–H groups in total. The van der Waals surface area contributed by atoms with Gasteiger partial charge in [-0.1, -0.05) is 41.9 Å². The quantitative estimate of drug-likeness (QED) is 0.598. The summed E-state index contributed by atoms with van der Waals surface area (Å²) in [6.07, 6.45) is 0.983. The van der Waals surface area contributed by atoms with E-state index >= 15 is 0 Å². The van der Waals surface area contributed by atoms with Gasteiger partial charge >= 0.3 is 0 Å². The van der Waals surface area contributed by atoms with E-state index in [9.17, 15) is 8.42 Å². The SMILES string of the molecule is O=S(=O)(CCN1CCN(C(Cc2ccccc2)C2COCO2)CC1)c1ccc(Cl)cc1. The van der Waals surface area contributed by atoms with E-state index in [1.807, 2.05) is 6.07 Å². The molecule has 0 amide bonds. The topological polar surface area (TPSA) is 59.1 Å². The second-order valence-corrected chi connectivity index (χ2v) is 10.6. The highest BCUT2D eigenvalue weighted by atomic mass is 35.5. The Balaban J connectivity index is 1.32. The molecule has 0 aliphatic carbocycles. The van der Waals surface area contributed by atoms with Crippen LogP contribution in [0.2, 0.25) is 5.02 Å². The van der Waals surface area contributed by atoms with Crippen molar-refractivity contribution in [2.24, 2.45) is 0 Å². The van der Waals surface area contributed by atoms with Crippen LogP contribution in [0.4, 0.5) is 0 Å². The van der Waals surface area contributed by atoms with Crippen molar-refractivity contribution in [1.82, 2.24) is 9.80 Å². The molecule has 0 spiro atoms. The van der Waals surface area contributed by atoms with Crippen LogP contribution >= 0.6 is 11.6 Å². The van der Waals surface area contributed by atoms with Crippen LogP contribution in [0, 0.1) is 0 Å². The molecule has 2 heterocycles. The van der Waals surface area contributed by atoms with Crippen LogP contribution in [0.1, 0.15) is 5.56 Å². The molecule has 8 heteroatoms. The van der Waals surface area contributed by atoms with Crippen LogP contribution in [-0.2, 0) is 25.7 Å². The lowest BCUT2D eigenvalue weighted by Crippen LogP contribution is -2.55. The molecule has 2 fully saturated rings. The second-order valence-electron chi connectivity index (χ2n) is 8.10. The van der Waals surface area contributed by atoms with Gasteiger partial charge in [-0.3, -0.25) is 9.80 Å². The summed E-state index contributed by atoms with van der Waals surface area (Å²) >= 11 is 5.87. The standard InChI is InChI=1S/C23H29ClN2O4S/c24-20-6-8-21(9-7-20)31(27,28)15-14-25-10-12-26(13-11-25)22(23-17-29-18-30-23)16-19-4-2-1-3-5-19/h1-9,22-23H,10-18H2. The first kappa shape index (κ1) is 22.7. The van der Waals surface area contributed by atoms with E-state index in [-0.39, 0.29) is 17.9 Å². The monoisotopic (exact) mass is 464 g/mol. The molecule has 2 aliphatic heterocycles. The molecule has 6 nitrogen and oxygen atoms in total. The van der Waals surface area contributed by atoms with Crippen LogP contribution in [-0.4, -0.2) is 82.2 Å². The Morgan fingerprint density at radius 1 is 1.00 bits per heavy atom. The predicted octanol–water partition coefficient (Wildman–Crippen LogP) is 2.72. The normalized spacial score (nSPS) is 21.9. The highest BCUT2D eigenvalue weighted by molar-refractivity contribution is 7.91. The van der Waals surface area contributed by atoms with Gasteiger partial charge in [-0.2, -0.15) is 0 Å². The van der Waals surface area contributed by atoms with Gasteiger partial charge in [0.2, 0.25) is 0 Å². The number of rotatable bonds is 8. The van der Waals surface area contributed by atoms with Crippen molar-refractivity contribution in [3.05, 3.63) is 65.2 Å². The van der Waals surface area contributed by atoms with Crippen molar-refractivity contribution in [3.8, 4) is 0 Å². The summed E-state index contributed by atoms with van der Waals surface area (Å²) < 4.78 is 36.6. The Morgan fingerprint density at radius 3 is 2.35 bits per heavy atom. The first-order chi connectivity index (χ1) is 15.0. The molecule has 2 aromatic carbocycles. The van der Waals surface area contributed by atoms with E-state index in [1.165, 1.54) is 5.56 Å². The van der Waals surface area contributed by atoms with Crippen LogP contribution in [0.25, 0.3) is 0 Å². The maximum absolute atomic E-state index is 12.6. The third-order valence-corrected chi connectivity index (χ3v) is 8.05. The van der Waals surface area contributed by atoms with E-state index < -0.39 is 9.84 Å². The first-order valence-electron chi connectivity index (χ1n) is 10.7. The Labute approximate surface area is 189 Å². The van der Waals surface area contributed by atoms with E-state index in [1.54, 1.807) is 24.3 Å². The molecule has 31 heavy (non-hydrogen) atoms. The molecule has 4 rings (SSSR count). The number of halogens is 1. The van der Waals surface area contributed by atoms with Gasteiger partial charge in [0.1, 0.15) is 6.79 Å². The minimum Gasteiger partial charge on any atom is -0.353 e. The molecule has 2 aliphatic rings. The van der Waals surface area contributed by atoms with Gasteiger partial charge < -0.3 is 9.47 Å². The van der Waals surface area contributed by atoms with Crippen molar-refractivity contribution in [2.75, 3.05) is 51.9 Å². The number of sulfone groups is 1. The maximum Gasteiger partial charge on any atom is 0.179 e. The Morgan fingerprint density at radius 2 is 1.71 bits per heavy atom. The highest BCUT2D eigenvalue weighted by Crippen LogP contribution is 2.21. The van der Waals surface area contributed by atoms with Gasteiger partial charge in [0.05, 0.1) is 23.4 Å². The number of ether oxygens (including phenoxy) is 2. The van der Waals surface area contributed by atoms with Crippen molar-refractivity contribution in [1.29, 1.82) is 0 Å². The van der Waals surface area contributed by atoms with Gasteiger partial charge in [-0.05, 0) is 36.2 Å². The summed E-state index contributed by atoms with van der Waals surface area (Å²) in [5.41, 5.74) is 1.29. The molecule has 168 valence electrons. The van der Waals surface area contributed by atoms with E-state index in [0.717, 1.165) is 32.6 Å². The lowest BCUT2D eigenvalue weighted by atomic mass is 9.99. The minimum absolute atomic E-state index is 0.0667. The highest BCUT2D eigenvalue weighted by Gasteiger charge is 2.33. The molecular formula is C23H29ClN2O4S. The molecule has 2 unspecified atom stereocenters. The fourth-order valence-electron chi connectivity index (χ4n) is 4.25. The molecule has 2 saturated heterocycles. The van der Waals surface area contributed by atoms with E-state index in [2.05, 4.69) is 34.1 Å². The summed E-state index contributed by atoms with van der Waals surface area (Å²) in [4.78, 5) is 5.03. The third-order valence-electron chi connectivity index (χ3n) is 6.09. The molecule has 0 aromatic heterocycles.